The lowest BCUT2D eigenvalue weighted by molar-refractivity contribution is -0.142. The van der Waals surface area contributed by atoms with Crippen LogP contribution in [0.2, 0.25) is 0 Å². The van der Waals surface area contributed by atoms with Gasteiger partial charge in [-0.25, -0.2) is 17.5 Å². The summed E-state index contributed by atoms with van der Waals surface area (Å²) in [4.78, 5) is 23.8. The van der Waals surface area contributed by atoms with Crippen LogP contribution in [-0.2, 0) is 24.3 Å². The maximum Gasteiger partial charge on any atom is 0.331 e. The summed E-state index contributed by atoms with van der Waals surface area (Å²) >= 11 is 0. The first-order valence-electron chi connectivity index (χ1n) is 8.43. The Morgan fingerprint density at radius 1 is 1.11 bits per heavy atom. The smallest absolute Gasteiger partial charge is 0.331 e. The Morgan fingerprint density at radius 3 is 2.43 bits per heavy atom. The first kappa shape index (κ1) is 21.3. The second-order valence-corrected chi connectivity index (χ2v) is 8.32. The summed E-state index contributed by atoms with van der Waals surface area (Å²) in [7, 11) is -0.771. The molecule has 0 fully saturated rings. The van der Waals surface area contributed by atoms with Crippen LogP contribution >= 0.6 is 0 Å². The summed E-state index contributed by atoms with van der Waals surface area (Å²) in [6, 6.07) is 13.6. The molecule has 0 radical (unpaired) electrons. The van der Waals surface area contributed by atoms with Crippen LogP contribution in [0.5, 0.6) is 0 Å². The van der Waals surface area contributed by atoms with E-state index in [4.69, 9.17) is 4.74 Å². The maximum atomic E-state index is 12.2. The average Bonchev–Trinajstić information content (AvgIpc) is 2.67. The monoisotopic (exact) mass is 402 g/mol. The highest BCUT2D eigenvalue weighted by Crippen LogP contribution is 2.22. The number of aryl methyl sites for hydroxylation is 1. The van der Waals surface area contributed by atoms with E-state index < -0.39 is 28.5 Å². The van der Waals surface area contributed by atoms with Crippen molar-refractivity contribution in [1.82, 2.24) is 4.31 Å². The van der Waals surface area contributed by atoms with Crippen molar-refractivity contribution in [1.29, 1.82) is 0 Å². The van der Waals surface area contributed by atoms with E-state index in [2.05, 4.69) is 5.32 Å². The van der Waals surface area contributed by atoms with Crippen LogP contribution in [0, 0.1) is 6.92 Å². The van der Waals surface area contributed by atoms with Gasteiger partial charge in [0.2, 0.25) is 10.0 Å². The number of benzene rings is 2. The minimum Gasteiger partial charge on any atom is -0.452 e. The summed E-state index contributed by atoms with van der Waals surface area (Å²) < 4.78 is 30.4. The normalized spacial score (nSPS) is 11.6. The van der Waals surface area contributed by atoms with Gasteiger partial charge in [-0.3, -0.25) is 4.79 Å². The van der Waals surface area contributed by atoms with Gasteiger partial charge in [0.1, 0.15) is 0 Å². The lowest BCUT2D eigenvalue weighted by Crippen LogP contribution is -2.23. The Bertz CT molecular complexity index is 983. The molecule has 0 aliphatic carbocycles. The molecular weight excluding hydrogens is 380 g/mol. The molecule has 0 heterocycles. The standard InChI is InChI=1S/C20H22N2O5S/c1-15-9-11-17(28(25,26)22(2)3)13-18(15)21-19(23)14-27-20(24)12-10-16-7-5-4-6-8-16/h4-13H,14H2,1-3H3,(H,21,23). The lowest BCUT2D eigenvalue weighted by Gasteiger charge is -2.14. The average molecular weight is 402 g/mol. The molecule has 7 nitrogen and oxygen atoms in total. The summed E-state index contributed by atoms with van der Waals surface area (Å²) in [6.45, 7) is 1.25. The number of nitrogens with one attached hydrogen (secondary N) is 1. The summed E-state index contributed by atoms with van der Waals surface area (Å²) in [5, 5.41) is 2.57. The molecule has 28 heavy (non-hydrogen) atoms. The van der Waals surface area contributed by atoms with Gasteiger partial charge in [-0.1, -0.05) is 36.4 Å². The lowest BCUT2D eigenvalue weighted by atomic mass is 10.2. The van der Waals surface area contributed by atoms with Gasteiger partial charge >= 0.3 is 5.97 Å². The molecule has 0 spiro atoms. The molecule has 8 heteroatoms. The van der Waals surface area contributed by atoms with Crippen LogP contribution in [0.1, 0.15) is 11.1 Å². The van der Waals surface area contributed by atoms with E-state index in [-0.39, 0.29) is 4.90 Å². The van der Waals surface area contributed by atoms with Crippen molar-refractivity contribution in [2.75, 3.05) is 26.0 Å². The number of rotatable bonds is 7. The quantitative estimate of drug-likeness (QED) is 0.567. The van der Waals surface area contributed by atoms with Crippen LogP contribution in [-0.4, -0.2) is 45.3 Å². The first-order valence-corrected chi connectivity index (χ1v) is 9.87. The number of nitrogens with zero attached hydrogens (tertiary/aromatic N) is 1. The molecule has 0 bridgehead atoms. The third-order valence-electron chi connectivity index (χ3n) is 3.82. The minimum absolute atomic E-state index is 0.0567. The second-order valence-electron chi connectivity index (χ2n) is 6.16. The summed E-state index contributed by atoms with van der Waals surface area (Å²) in [5.74, 6) is -1.22. The van der Waals surface area contributed by atoms with Gasteiger partial charge in [0.05, 0.1) is 4.90 Å². The Hall–Kier alpha value is -2.97. The fraction of sp³-hybridized carbons (Fsp3) is 0.200. The highest BCUT2D eigenvalue weighted by molar-refractivity contribution is 7.89. The topological polar surface area (TPSA) is 92.8 Å². The number of anilines is 1. The second kappa shape index (κ2) is 9.29. The minimum atomic E-state index is -3.62. The molecule has 148 valence electrons. The van der Waals surface area contributed by atoms with E-state index in [0.29, 0.717) is 11.3 Å². The van der Waals surface area contributed by atoms with Crippen LogP contribution in [0.25, 0.3) is 6.08 Å². The highest BCUT2D eigenvalue weighted by Gasteiger charge is 2.18. The number of esters is 1. The number of amides is 1. The number of carbonyl (C=O) groups is 2. The zero-order chi connectivity index (χ0) is 20.7. The molecule has 0 aliphatic heterocycles. The molecule has 0 saturated heterocycles. The molecular formula is C20H22N2O5S. The largest absolute Gasteiger partial charge is 0.452 e. The van der Waals surface area contributed by atoms with Crippen molar-refractivity contribution >= 4 is 33.7 Å². The number of ether oxygens (including phenoxy) is 1. The molecule has 0 aromatic heterocycles. The van der Waals surface area contributed by atoms with E-state index in [0.717, 1.165) is 9.87 Å². The zero-order valence-corrected chi connectivity index (χ0v) is 16.7. The van der Waals surface area contributed by atoms with Crippen molar-refractivity contribution in [3.05, 3.63) is 65.7 Å². The van der Waals surface area contributed by atoms with Crippen molar-refractivity contribution in [2.45, 2.75) is 11.8 Å². The molecule has 1 amide bonds. The van der Waals surface area contributed by atoms with Crippen LogP contribution in [0.15, 0.2) is 59.5 Å². The van der Waals surface area contributed by atoms with Gasteiger partial charge in [0.15, 0.2) is 6.61 Å². The predicted molar refractivity (Wildman–Crippen MR) is 107 cm³/mol. The van der Waals surface area contributed by atoms with Crippen molar-refractivity contribution in [2.24, 2.45) is 0 Å². The first-order chi connectivity index (χ1) is 13.2. The van der Waals surface area contributed by atoms with E-state index in [1.165, 1.54) is 32.3 Å². The molecule has 2 aromatic carbocycles. The summed E-state index contributed by atoms with van der Waals surface area (Å²) in [5.41, 5.74) is 1.85. The molecule has 2 rings (SSSR count). The predicted octanol–water partition coefficient (Wildman–Crippen LogP) is 2.44. The number of hydrogen-bond acceptors (Lipinski definition) is 5. The van der Waals surface area contributed by atoms with Gasteiger partial charge in [-0.05, 0) is 36.3 Å². The van der Waals surface area contributed by atoms with Crippen molar-refractivity contribution in [3.8, 4) is 0 Å². The Balaban J connectivity index is 1.97. The van der Waals surface area contributed by atoms with Crippen LogP contribution in [0.4, 0.5) is 5.69 Å². The number of carbonyl (C=O) groups excluding carboxylic acids is 2. The van der Waals surface area contributed by atoms with Gasteiger partial charge in [-0.2, -0.15) is 0 Å². The molecule has 0 unspecified atom stereocenters. The number of hydrogen-bond donors (Lipinski definition) is 1. The zero-order valence-electron chi connectivity index (χ0n) is 15.9. The number of sulfonamides is 1. The highest BCUT2D eigenvalue weighted by atomic mass is 32.2. The van der Waals surface area contributed by atoms with E-state index in [9.17, 15) is 18.0 Å². The van der Waals surface area contributed by atoms with E-state index in [1.807, 2.05) is 30.3 Å². The van der Waals surface area contributed by atoms with Crippen LogP contribution < -0.4 is 5.32 Å². The fourth-order valence-corrected chi connectivity index (χ4v) is 3.13. The Morgan fingerprint density at radius 2 is 1.79 bits per heavy atom. The Kier molecular flexibility index (Phi) is 7.08. The molecule has 2 aromatic rings. The van der Waals surface area contributed by atoms with Gasteiger partial charge < -0.3 is 10.1 Å². The van der Waals surface area contributed by atoms with Gasteiger partial charge in [0, 0.05) is 25.9 Å². The van der Waals surface area contributed by atoms with Crippen molar-refractivity contribution in [3.63, 3.8) is 0 Å². The van der Waals surface area contributed by atoms with Gasteiger partial charge in [-0.15, -0.1) is 0 Å². The molecule has 0 saturated carbocycles. The molecule has 0 atom stereocenters. The van der Waals surface area contributed by atoms with E-state index >= 15 is 0 Å². The SMILES string of the molecule is Cc1ccc(S(=O)(=O)N(C)C)cc1NC(=O)COC(=O)C=Cc1ccccc1. The maximum absolute atomic E-state index is 12.2. The Labute approximate surface area is 164 Å². The van der Waals surface area contributed by atoms with E-state index in [1.54, 1.807) is 19.1 Å². The molecule has 0 aliphatic rings. The third-order valence-corrected chi connectivity index (χ3v) is 5.63. The van der Waals surface area contributed by atoms with Gasteiger partial charge in [0.25, 0.3) is 5.91 Å². The molecule has 1 N–H and O–H groups in total. The van der Waals surface area contributed by atoms with Crippen molar-refractivity contribution < 1.29 is 22.7 Å². The fourth-order valence-electron chi connectivity index (χ4n) is 2.21. The third kappa shape index (κ3) is 5.77. The summed E-state index contributed by atoms with van der Waals surface area (Å²) in [6.07, 6.45) is 2.82. The van der Waals surface area contributed by atoms with Crippen LogP contribution in [0.3, 0.4) is 0 Å².